The van der Waals surface area contributed by atoms with E-state index in [9.17, 15) is 13.2 Å². The number of rotatable bonds is 3. The molecule has 0 radical (unpaired) electrons. The highest BCUT2D eigenvalue weighted by molar-refractivity contribution is 5.56. The molecule has 0 bridgehead atoms. The molecule has 5 nitrogen and oxygen atoms in total. The van der Waals surface area contributed by atoms with E-state index in [-0.39, 0.29) is 17.9 Å². The first-order valence-electron chi connectivity index (χ1n) is 4.16. The largest absolute Gasteiger partial charge is 0.573 e. The van der Waals surface area contributed by atoms with Crippen LogP contribution in [0.2, 0.25) is 0 Å². The van der Waals surface area contributed by atoms with Crippen molar-refractivity contribution in [3.05, 3.63) is 11.8 Å². The molecule has 0 spiro atoms. The maximum Gasteiger partial charge on any atom is 0.573 e. The second-order valence-electron chi connectivity index (χ2n) is 2.77. The number of hydrogen-bond acceptors (Lipinski definition) is 5. The zero-order chi connectivity index (χ0) is 12.3. The Morgan fingerprint density at radius 3 is 2.50 bits per heavy atom. The highest BCUT2D eigenvalue weighted by atomic mass is 19.4. The van der Waals surface area contributed by atoms with Crippen LogP contribution in [-0.2, 0) is 6.54 Å². The summed E-state index contributed by atoms with van der Waals surface area (Å²) in [4.78, 5) is 3.51. The Kier molecular flexibility index (Phi) is 3.43. The van der Waals surface area contributed by atoms with E-state index in [1.54, 1.807) is 0 Å². The van der Waals surface area contributed by atoms with Gasteiger partial charge in [-0.25, -0.2) is 4.98 Å². The molecule has 4 N–H and O–H groups in total. The standard InChI is InChI=1S/C8H10F3N3O2/c1-15-5-3-14-7(13)6(4(5)2-12)16-8(9,10)11/h3H,2,12H2,1H3,(H2,13,14). The lowest BCUT2D eigenvalue weighted by Gasteiger charge is -2.15. The summed E-state index contributed by atoms with van der Waals surface area (Å²) >= 11 is 0. The molecule has 0 aromatic carbocycles. The Labute approximate surface area is 89.1 Å². The van der Waals surface area contributed by atoms with Crippen LogP contribution in [0.3, 0.4) is 0 Å². The van der Waals surface area contributed by atoms with Gasteiger partial charge in [0, 0.05) is 6.54 Å². The predicted octanol–water partition coefficient (Wildman–Crippen LogP) is 1.03. The van der Waals surface area contributed by atoms with Gasteiger partial charge in [-0.15, -0.1) is 13.2 Å². The van der Waals surface area contributed by atoms with Crippen molar-refractivity contribution in [1.82, 2.24) is 4.98 Å². The SMILES string of the molecule is COc1cnc(N)c(OC(F)(F)F)c1CN. The topological polar surface area (TPSA) is 83.4 Å². The first-order valence-corrected chi connectivity index (χ1v) is 4.16. The zero-order valence-electron chi connectivity index (χ0n) is 8.34. The third-order valence-electron chi connectivity index (χ3n) is 1.77. The molecule has 16 heavy (non-hydrogen) atoms. The number of anilines is 1. The lowest BCUT2D eigenvalue weighted by Crippen LogP contribution is -2.20. The van der Waals surface area contributed by atoms with Gasteiger partial charge in [0.2, 0.25) is 0 Å². The molecular weight excluding hydrogens is 227 g/mol. The fourth-order valence-electron chi connectivity index (χ4n) is 1.13. The van der Waals surface area contributed by atoms with Crippen molar-refractivity contribution in [2.24, 2.45) is 5.73 Å². The second kappa shape index (κ2) is 4.44. The second-order valence-corrected chi connectivity index (χ2v) is 2.77. The highest BCUT2D eigenvalue weighted by Crippen LogP contribution is 2.35. The number of pyridine rings is 1. The summed E-state index contributed by atoms with van der Waals surface area (Å²) in [5.41, 5.74) is 10.6. The van der Waals surface area contributed by atoms with Gasteiger partial charge in [-0.3, -0.25) is 0 Å². The van der Waals surface area contributed by atoms with Crippen molar-refractivity contribution in [2.75, 3.05) is 12.8 Å². The minimum Gasteiger partial charge on any atom is -0.495 e. The quantitative estimate of drug-likeness (QED) is 0.820. The molecule has 8 heteroatoms. The number of alkyl halides is 3. The number of nitrogens with two attached hydrogens (primary N) is 2. The zero-order valence-corrected chi connectivity index (χ0v) is 8.34. The van der Waals surface area contributed by atoms with Crippen LogP contribution in [0.25, 0.3) is 0 Å². The number of hydrogen-bond donors (Lipinski definition) is 2. The van der Waals surface area contributed by atoms with Crippen LogP contribution >= 0.6 is 0 Å². The molecule has 0 fully saturated rings. The van der Waals surface area contributed by atoms with Crippen molar-refractivity contribution in [2.45, 2.75) is 12.9 Å². The van der Waals surface area contributed by atoms with Gasteiger partial charge in [0.15, 0.2) is 11.6 Å². The van der Waals surface area contributed by atoms with Crippen LogP contribution in [0.5, 0.6) is 11.5 Å². The average Bonchev–Trinajstić information content (AvgIpc) is 2.19. The first-order chi connectivity index (χ1) is 7.39. The van der Waals surface area contributed by atoms with Crippen molar-refractivity contribution >= 4 is 5.82 Å². The van der Waals surface area contributed by atoms with Crippen LogP contribution in [-0.4, -0.2) is 18.5 Å². The van der Waals surface area contributed by atoms with E-state index in [4.69, 9.17) is 16.2 Å². The fraction of sp³-hybridized carbons (Fsp3) is 0.375. The molecule has 1 aromatic heterocycles. The summed E-state index contributed by atoms with van der Waals surface area (Å²) in [5, 5.41) is 0. The summed E-state index contributed by atoms with van der Waals surface area (Å²) in [5.74, 6) is -0.913. The fourth-order valence-corrected chi connectivity index (χ4v) is 1.13. The summed E-state index contributed by atoms with van der Waals surface area (Å²) in [6.45, 7) is -0.207. The average molecular weight is 237 g/mol. The van der Waals surface area contributed by atoms with Gasteiger partial charge in [-0.2, -0.15) is 0 Å². The molecule has 0 aliphatic carbocycles. The molecule has 1 heterocycles. The Morgan fingerprint density at radius 1 is 1.44 bits per heavy atom. The van der Waals surface area contributed by atoms with E-state index in [0.29, 0.717) is 0 Å². The van der Waals surface area contributed by atoms with Gasteiger partial charge in [-0.05, 0) is 0 Å². The number of nitrogens with zero attached hydrogens (tertiary/aromatic N) is 1. The minimum atomic E-state index is -4.86. The lowest BCUT2D eigenvalue weighted by atomic mass is 10.2. The third-order valence-corrected chi connectivity index (χ3v) is 1.77. The number of halogens is 3. The molecule has 0 aliphatic heterocycles. The van der Waals surface area contributed by atoms with E-state index >= 15 is 0 Å². The van der Waals surface area contributed by atoms with E-state index < -0.39 is 17.9 Å². The normalized spacial score (nSPS) is 11.3. The summed E-state index contributed by atoms with van der Waals surface area (Å²) in [7, 11) is 1.28. The number of ether oxygens (including phenoxy) is 2. The molecular formula is C8H10F3N3O2. The minimum absolute atomic E-state index is 0.0207. The number of methoxy groups -OCH3 is 1. The van der Waals surface area contributed by atoms with Gasteiger partial charge < -0.3 is 20.9 Å². The third kappa shape index (κ3) is 2.66. The molecule has 0 amide bonds. The van der Waals surface area contributed by atoms with Crippen molar-refractivity contribution in [1.29, 1.82) is 0 Å². The predicted molar refractivity (Wildman–Crippen MR) is 49.8 cm³/mol. The van der Waals surface area contributed by atoms with E-state index in [1.165, 1.54) is 13.3 Å². The van der Waals surface area contributed by atoms with Crippen LogP contribution in [0.4, 0.5) is 19.0 Å². The molecule has 0 saturated carbocycles. The van der Waals surface area contributed by atoms with Crippen molar-refractivity contribution < 1.29 is 22.6 Å². The number of nitrogen functional groups attached to an aromatic ring is 1. The smallest absolute Gasteiger partial charge is 0.495 e. The van der Waals surface area contributed by atoms with E-state index in [1.807, 2.05) is 0 Å². The van der Waals surface area contributed by atoms with Gasteiger partial charge in [0.05, 0.1) is 18.9 Å². The van der Waals surface area contributed by atoms with E-state index in [2.05, 4.69) is 9.72 Å². The van der Waals surface area contributed by atoms with Gasteiger partial charge >= 0.3 is 6.36 Å². The lowest BCUT2D eigenvalue weighted by molar-refractivity contribution is -0.274. The summed E-state index contributed by atoms with van der Waals surface area (Å²) in [6, 6.07) is 0. The Bertz CT molecular complexity index is 382. The molecule has 0 unspecified atom stereocenters. The van der Waals surface area contributed by atoms with Crippen LogP contribution < -0.4 is 20.9 Å². The molecule has 0 atom stereocenters. The van der Waals surface area contributed by atoms with Gasteiger partial charge in [-0.1, -0.05) is 0 Å². The van der Waals surface area contributed by atoms with Crippen LogP contribution in [0.15, 0.2) is 6.20 Å². The van der Waals surface area contributed by atoms with Crippen molar-refractivity contribution in [3.8, 4) is 11.5 Å². The molecule has 0 saturated heterocycles. The molecule has 0 aliphatic rings. The Morgan fingerprint density at radius 2 is 2.06 bits per heavy atom. The summed E-state index contributed by atoms with van der Waals surface area (Å²) in [6.07, 6.45) is -3.67. The maximum atomic E-state index is 12.1. The maximum absolute atomic E-state index is 12.1. The first kappa shape index (κ1) is 12.4. The monoisotopic (exact) mass is 237 g/mol. The van der Waals surface area contributed by atoms with Crippen molar-refractivity contribution in [3.63, 3.8) is 0 Å². The van der Waals surface area contributed by atoms with E-state index in [0.717, 1.165) is 0 Å². The Hall–Kier alpha value is -1.70. The summed E-state index contributed by atoms with van der Waals surface area (Å²) < 4.78 is 44.8. The van der Waals surface area contributed by atoms with Gasteiger partial charge in [0.25, 0.3) is 0 Å². The Balaban J connectivity index is 3.23. The molecule has 90 valence electrons. The van der Waals surface area contributed by atoms with Crippen LogP contribution in [0.1, 0.15) is 5.56 Å². The van der Waals surface area contributed by atoms with Gasteiger partial charge in [0.1, 0.15) is 5.75 Å². The molecule has 1 aromatic rings. The highest BCUT2D eigenvalue weighted by Gasteiger charge is 2.34. The number of aromatic nitrogens is 1. The van der Waals surface area contributed by atoms with Crippen LogP contribution in [0, 0.1) is 0 Å². The molecule has 1 rings (SSSR count).